The molecule has 1 aromatic carbocycles. The molecule has 24 heavy (non-hydrogen) atoms. The second kappa shape index (κ2) is 8.82. The molecule has 1 aliphatic rings. The summed E-state index contributed by atoms with van der Waals surface area (Å²) in [5.41, 5.74) is 5.99. The third-order valence-electron chi connectivity index (χ3n) is 4.21. The molecule has 0 saturated heterocycles. The van der Waals surface area contributed by atoms with E-state index in [-0.39, 0.29) is 6.61 Å². The summed E-state index contributed by atoms with van der Waals surface area (Å²) in [4.78, 5) is 13.4. The molecule has 0 aromatic heterocycles. The van der Waals surface area contributed by atoms with Gasteiger partial charge in [0.25, 0.3) is 0 Å². The van der Waals surface area contributed by atoms with Crippen LogP contribution in [0.4, 0.5) is 10.5 Å². The number of aliphatic hydroxyl groups is 1. The zero-order chi connectivity index (χ0) is 17.5. The van der Waals surface area contributed by atoms with Crippen LogP contribution < -0.4 is 10.3 Å². The van der Waals surface area contributed by atoms with E-state index in [1.807, 2.05) is 35.4 Å². The molecular formula is C18H27N3O3. The fourth-order valence-electron chi connectivity index (χ4n) is 3.02. The van der Waals surface area contributed by atoms with E-state index in [1.54, 1.807) is 0 Å². The van der Waals surface area contributed by atoms with E-state index in [0.29, 0.717) is 18.8 Å². The van der Waals surface area contributed by atoms with Crippen LogP contribution in [0.15, 0.2) is 30.3 Å². The summed E-state index contributed by atoms with van der Waals surface area (Å²) in [6.07, 6.45) is 3.40. The SMILES string of the molecule is CCCCN(NCCO)C1C=C(CC)c2ccccc2N1C(=O)O. The molecule has 1 unspecified atom stereocenters. The third kappa shape index (κ3) is 3.95. The third-order valence-corrected chi connectivity index (χ3v) is 4.21. The van der Waals surface area contributed by atoms with Crippen LogP contribution in [0.1, 0.15) is 38.7 Å². The number of para-hydroxylation sites is 1. The molecular weight excluding hydrogens is 306 g/mol. The summed E-state index contributed by atoms with van der Waals surface area (Å²) in [5.74, 6) is 0. The highest BCUT2D eigenvalue weighted by molar-refractivity contribution is 5.94. The highest BCUT2D eigenvalue weighted by atomic mass is 16.4. The number of unbranched alkanes of at least 4 members (excludes halogenated alkanes) is 1. The normalized spacial score (nSPS) is 16.9. The van der Waals surface area contributed by atoms with Crippen LogP contribution in [0, 0.1) is 0 Å². The van der Waals surface area contributed by atoms with Crippen molar-refractivity contribution in [2.75, 3.05) is 24.6 Å². The number of carboxylic acid groups (broad SMARTS) is 1. The predicted octanol–water partition coefficient (Wildman–Crippen LogP) is 2.90. The van der Waals surface area contributed by atoms with Crippen molar-refractivity contribution in [1.82, 2.24) is 10.4 Å². The number of allylic oxidation sites excluding steroid dienone is 1. The van der Waals surface area contributed by atoms with Gasteiger partial charge in [-0.05, 0) is 30.6 Å². The van der Waals surface area contributed by atoms with Crippen LogP contribution in [0.2, 0.25) is 0 Å². The minimum atomic E-state index is -0.980. The first kappa shape index (κ1) is 18.4. The molecule has 1 aromatic rings. The van der Waals surface area contributed by atoms with Crippen LogP contribution in [-0.2, 0) is 0 Å². The van der Waals surface area contributed by atoms with E-state index in [2.05, 4.69) is 19.3 Å². The molecule has 0 aliphatic carbocycles. The summed E-state index contributed by atoms with van der Waals surface area (Å²) >= 11 is 0. The Labute approximate surface area is 143 Å². The number of nitrogens with zero attached hydrogens (tertiary/aromatic N) is 2. The van der Waals surface area contributed by atoms with Crippen molar-refractivity contribution in [2.24, 2.45) is 0 Å². The summed E-state index contributed by atoms with van der Waals surface area (Å²) < 4.78 is 0. The van der Waals surface area contributed by atoms with Crippen molar-refractivity contribution in [3.05, 3.63) is 35.9 Å². The molecule has 0 fully saturated rings. The largest absolute Gasteiger partial charge is 0.465 e. The minimum absolute atomic E-state index is 0.00333. The Hall–Kier alpha value is -1.89. The molecule has 6 heteroatoms. The maximum absolute atomic E-state index is 12.0. The molecule has 1 aliphatic heterocycles. The quantitative estimate of drug-likeness (QED) is 0.638. The van der Waals surface area contributed by atoms with Crippen molar-refractivity contribution in [2.45, 2.75) is 39.3 Å². The van der Waals surface area contributed by atoms with Crippen LogP contribution in [0.25, 0.3) is 5.57 Å². The lowest BCUT2D eigenvalue weighted by Crippen LogP contribution is -2.57. The molecule has 6 nitrogen and oxygen atoms in total. The van der Waals surface area contributed by atoms with Crippen molar-refractivity contribution < 1.29 is 15.0 Å². The van der Waals surface area contributed by atoms with Crippen molar-refractivity contribution >= 4 is 17.4 Å². The van der Waals surface area contributed by atoms with Gasteiger partial charge < -0.3 is 10.2 Å². The van der Waals surface area contributed by atoms with Gasteiger partial charge in [-0.3, -0.25) is 10.3 Å². The van der Waals surface area contributed by atoms with Crippen LogP contribution in [0.3, 0.4) is 0 Å². The van der Waals surface area contributed by atoms with Crippen LogP contribution in [-0.4, -0.2) is 47.2 Å². The molecule has 2 rings (SSSR count). The average Bonchev–Trinajstić information content (AvgIpc) is 2.60. The Bertz CT molecular complexity index is 581. The molecule has 0 bridgehead atoms. The summed E-state index contributed by atoms with van der Waals surface area (Å²) in [5, 5.41) is 20.9. The number of carbonyl (C=O) groups is 1. The smallest absolute Gasteiger partial charge is 0.413 e. The van der Waals surface area contributed by atoms with E-state index in [9.17, 15) is 9.90 Å². The van der Waals surface area contributed by atoms with Crippen molar-refractivity contribution in [3.63, 3.8) is 0 Å². The van der Waals surface area contributed by atoms with Gasteiger partial charge in [-0.15, -0.1) is 0 Å². The van der Waals surface area contributed by atoms with E-state index in [0.717, 1.165) is 30.4 Å². The fraction of sp³-hybridized carbons (Fsp3) is 0.500. The highest BCUT2D eigenvalue weighted by Gasteiger charge is 2.34. The van der Waals surface area contributed by atoms with Gasteiger partial charge in [-0.2, -0.15) is 0 Å². The van der Waals surface area contributed by atoms with Gasteiger partial charge in [-0.25, -0.2) is 9.80 Å². The van der Waals surface area contributed by atoms with Gasteiger partial charge in [-0.1, -0.05) is 38.5 Å². The zero-order valence-corrected chi connectivity index (χ0v) is 14.4. The van der Waals surface area contributed by atoms with E-state index in [1.165, 1.54) is 4.90 Å². The number of nitrogens with one attached hydrogen (secondary N) is 1. The molecule has 0 radical (unpaired) electrons. The fourth-order valence-corrected chi connectivity index (χ4v) is 3.02. The second-order valence-corrected chi connectivity index (χ2v) is 5.81. The molecule has 3 N–H and O–H groups in total. The molecule has 0 saturated carbocycles. The topological polar surface area (TPSA) is 76.0 Å². The number of rotatable bonds is 8. The lowest BCUT2D eigenvalue weighted by Gasteiger charge is -2.40. The number of hydrogen-bond acceptors (Lipinski definition) is 4. The van der Waals surface area contributed by atoms with Crippen LogP contribution >= 0.6 is 0 Å². The van der Waals surface area contributed by atoms with E-state index in [4.69, 9.17) is 5.11 Å². The maximum Gasteiger partial charge on any atom is 0.413 e. The lowest BCUT2D eigenvalue weighted by molar-refractivity contribution is 0.122. The standard InChI is InChI=1S/C18H27N3O3/c1-3-5-11-20(19-10-12-22)17-13-14(4-2)15-8-6-7-9-16(15)21(17)18(23)24/h6-9,13,17,19,22H,3-5,10-12H2,1-2H3,(H,23,24). The van der Waals surface area contributed by atoms with E-state index < -0.39 is 12.3 Å². The molecule has 1 atom stereocenters. The van der Waals surface area contributed by atoms with Gasteiger partial charge in [0, 0.05) is 18.7 Å². The number of fused-ring (bicyclic) bond motifs is 1. The number of amides is 1. The second-order valence-electron chi connectivity index (χ2n) is 5.81. The first-order chi connectivity index (χ1) is 11.6. The number of aliphatic hydroxyl groups excluding tert-OH is 1. The summed E-state index contributed by atoms with van der Waals surface area (Å²) in [6.45, 7) is 5.28. The van der Waals surface area contributed by atoms with Gasteiger partial charge in [0.2, 0.25) is 0 Å². The van der Waals surface area contributed by atoms with Gasteiger partial charge in [0.1, 0.15) is 6.17 Å². The Kier molecular flexibility index (Phi) is 6.78. The number of benzene rings is 1. The van der Waals surface area contributed by atoms with E-state index >= 15 is 0 Å². The molecule has 0 spiro atoms. The lowest BCUT2D eigenvalue weighted by atomic mass is 9.95. The maximum atomic E-state index is 12.0. The monoisotopic (exact) mass is 333 g/mol. The predicted molar refractivity (Wildman–Crippen MR) is 95.7 cm³/mol. The van der Waals surface area contributed by atoms with Gasteiger partial charge in [0.05, 0.1) is 12.3 Å². The molecule has 132 valence electrons. The van der Waals surface area contributed by atoms with Gasteiger partial charge >= 0.3 is 6.09 Å². The highest BCUT2D eigenvalue weighted by Crippen LogP contribution is 2.36. The van der Waals surface area contributed by atoms with Crippen molar-refractivity contribution in [1.29, 1.82) is 0 Å². The average molecular weight is 333 g/mol. The minimum Gasteiger partial charge on any atom is -0.465 e. The Morgan fingerprint density at radius 2 is 2.08 bits per heavy atom. The Balaban J connectivity index is 2.42. The molecule has 1 heterocycles. The number of hydrogen-bond donors (Lipinski definition) is 3. The number of hydrazine groups is 1. The van der Waals surface area contributed by atoms with Crippen molar-refractivity contribution in [3.8, 4) is 0 Å². The summed E-state index contributed by atoms with van der Waals surface area (Å²) in [7, 11) is 0. The first-order valence-corrected chi connectivity index (χ1v) is 8.57. The zero-order valence-electron chi connectivity index (χ0n) is 14.4. The first-order valence-electron chi connectivity index (χ1n) is 8.57. The van der Waals surface area contributed by atoms with Crippen LogP contribution in [0.5, 0.6) is 0 Å². The molecule has 1 amide bonds. The number of anilines is 1. The Morgan fingerprint density at radius 1 is 1.33 bits per heavy atom. The summed E-state index contributed by atoms with van der Waals surface area (Å²) in [6, 6.07) is 7.61. The Morgan fingerprint density at radius 3 is 2.71 bits per heavy atom. The van der Waals surface area contributed by atoms with Gasteiger partial charge in [0.15, 0.2) is 0 Å².